The third-order valence-corrected chi connectivity index (χ3v) is 6.53. The lowest BCUT2D eigenvalue weighted by Gasteiger charge is -2.25. The van der Waals surface area contributed by atoms with Crippen LogP contribution in [0.5, 0.6) is 17.2 Å². The molecule has 0 radical (unpaired) electrons. The molecular weight excluding hydrogens is 490 g/mol. The summed E-state index contributed by atoms with van der Waals surface area (Å²) in [5.74, 6) is 1.14. The van der Waals surface area contributed by atoms with Gasteiger partial charge in [0.05, 0.1) is 11.6 Å². The van der Waals surface area contributed by atoms with Crippen LogP contribution < -0.4 is 14.8 Å². The van der Waals surface area contributed by atoms with Gasteiger partial charge in [-0.1, -0.05) is 23.7 Å². The summed E-state index contributed by atoms with van der Waals surface area (Å²) >= 11 is 8.07. The second-order valence-electron chi connectivity index (χ2n) is 7.81. The summed E-state index contributed by atoms with van der Waals surface area (Å²) in [6.07, 6.45) is 1.20. The number of hydrogen-bond acceptors (Lipinski definition) is 6. The fourth-order valence-corrected chi connectivity index (χ4v) is 4.32. The third-order valence-electron chi connectivity index (χ3n) is 5.49. The Morgan fingerprint density at radius 2 is 1.89 bits per heavy atom. The van der Waals surface area contributed by atoms with E-state index in [1.54, 1.807) is 48.2 Å². The van der Waals surface area contributed by atoms with Gasteiger partial charge in [-0.2, -0.15) is 0 Å². The molecule has 4 rings (SSSR count). The summed E-state index contributed by atoms with van der Waals surface area (Å²) in [7, 11) is 0. The molecule has 3 aromatic carbocycles. The van der Waals surface area contributed by atoms with E-state index in [0.29, 0.717) is 53.0 Å². The summed E-state index contributed by atoms with van der Waals surface area (Å²) in [4.78, 5) is 24.6. The van der Waals surface area contributed by atoms with E-state index >= 15 is 0 Å². The normalized spacial score (nSPS) is 14.4. The van der Waals surface area contributed by atoms with Gasteiger partial charge in [-0.25, -0.2) is 4.79 Å². The van der Waals surface area contributed by atoms with Crippen LogP contribution in [0.25, 0.3) is 0 Å². The minimum Gasteiger partial charge on any atom is -0.493 e. The number of fused-ring (bicyclic) bond motifs is 1. The molecule has 1 amide bonds. The van der Waals surface area contributed by atoms with Crippen molar-refractivity contribution in [1.29, 1.82) is 0 Å². The molecule has 182 valence electrons. The molecule has 1 aliphatic rings. The van der Waals surface area contributed by atoms with E-state index in [-0.39, 0.29) is 5.91 Å². The van der Waals surface area contributed by atoms with Crippen LogP contribution in [0.1, 0.15) is 34.0 Å². The first-order valence-corrected chi connectivity index (χ1v) is 12.6. The van der Waals surface area contributed by atoms with Crippen molar-refractivity contribution in [1.82, 2.24) is 5.32 Å². The predicted molar refractivity (Wildman–Crippen MR) is 134 cm³/mol. The first-order valence-electron chi connectivity index (χ1n) is 11.0. The number of nitrogens with one attached hydrogen (secondary N) is 1. The molecule has 35 heavy (non-hydrogen) atoms. The number of benzene rings is 3. The number of ether oxygens (including phenoxy) is 3. The van der Waals surface area contributed by atoms with E-state index in [9.17, 15) is 9.59 Å². The molecule has 1 atom stereocenters. The highest BCUT2D eigenvalue weighted by Crippen LogP contribution is 2.42. The Morgan fingerprint density at radius 3 is 2.57 bits per heavy atom. The molecule has 2 N–H and O–H groups in total. The van der Waals surface area contributed by atoms with E-state index < -0.39 is 12.3 Å². The van der Waals surface area contributed by atoms with Gasteiger partial charge >= 0.3 is 6.16 Å². The van der Waals surface area contributed by atoms with Gasteiger partial charge in [0.15, 0.2) is 0 Å². The van der Waals surface area contributed by atoms with Gasteiger partial charge in [0.1, 0.15) is 23.4 Å². The average Bonchev–Trinajstić information content (AvgIpc) is 2.85. The van der Waals surface area contributed by atoms with Gasteiger partial charge in [-0.3, -0.25) is 4.79 Å². The molecule has 7 nitrogen and oxygen atoms in total. The van der Waals surface area contributed by atoms with Crippen molar-refractivity contribution in [3.8, 4) is 17.2 Å². The summed E-state index contributed by atoms with van der Waals surface area (Å²) in [6.45, 7) is 0.853. The Labute approximate surface area is 212 Å². The molecule has 0 saturated carbocycles. The second kappa shape index (κ2) is 11.4. The maximum absolute atomic E-state index is 12.5. The highest BCUT2D eigenvalue weighted by molar-refractivity contribution is 7.98. The van der Waals surface area contributed by atoms with Crippen LogP contribution in [0.3, 0.4) is 0 Å². The van der Waals surface area contributed by atoms with Gasteiger partial charge < -0.3 is 24.6 Å². The molecule has 0 aromatic heterocycles. The Kier molecular flexibility index (Phi) is 8.05. The number of halogens is 1. The van der Waals surface area contributed by atoms with E-state index in [0.717, 1.165) is 6.42 Å². The van der Waals surface area contributed by atoms with Crippen molar-refractivity contribution in [2.24, 2.45) is 0 Å². The Balaban J connectivity index is 1.35. The van der Waals surface area contributed by atoms with Crippen LogP contribution in [0.4, 0.5) is 4.79 Å². The van der Waals surface area contributed by atoms with Gasteiger partial charge in [0.25, 0.3) is 5.91 Å². The molecule has 0 saturated heterocycles. The maximum Gasteiger partial charge on any atom is 0.506 e. The molecule has 0 aliphatic carbocycles. The zero-order valence-corrected chi connectivity index (χ0v) is 20.5. The Morgan fingerprint density at radius 1 is 1.14 bits per heavy atom. The van der Waals surface area contributed by atoms with Crippen molar-refractivity contribution in [2.45, 2.75) is 23.8 Å². The summed E-state index contributed by atoms with van der Waals surface area (Å²) in [5.41, 5.74) is 2.24. The smallest absolute Gasteiger partial charge is 0.493 e. The molecule has 1 heterocycles. The van der Waals surface area contributed by atoms with Crippen LogP contribution in [0.2, 0.25) is 5.02 Å². The van der Waals surface area contributed by atoms with Crippen molar-refractivity contribution in [3.63, 3.8) is 0 Å². The molecule has 1 aliphatic heterocycles. The minimum atomic E-state index is -1.35. The Bertz CT molecular complexity index is 1200. The van der Waals surface area contributed by atoms with E-state index in [1.807, 2.05) is 6.26 Å². The fourth-order valence-electron chi connectivity index (χ4n) is 3.70. The van der Waals surface area contributed by atoms with Gasteiger partial charge in [0, 0.05) is 35.1 Å². The van der Waals surface area contributed by atoms with Gasteiger partial charge in [0.2, 0.25) is 0 Å². The number of carbonyl (C=O) groups is 2. The molecule has 9 heteroatoms. The number of carbonyl (C=O) groups excluding carboxylic acids is 1. The lowest BCUT2D eigenvalue weighted by Crippen LogP contribution is -2.25. The van der Waals surface area contributed by atoms with Crippen LogP contribution in [0.15, 0.2) is 65.6 Å². The molecule has 0 fully saturated rings. The summed E-state index contributed by atoms with van der Waals surface area (Å²) in [5, 5.41) is 12.2. The third kappa shape index (κ3) is 6.41. The SMILES string of the molecule is CSc1ccc(CCNC(=O)c2ccc(Oc3cc4c(cc3Cl)C(OC(=O)O)CCO4)cc2)cc1. The highest BCUT2D eigenvalue weighted by atomic mass is 35.5. The lowest BCUT2D eigenvalue weighted by atomic mass is 10.0. The quantitative estimate of drug-likeness (QED) is 0.268. The van der Waals surface area contributed by atoms with Gasteiger partial charge in [-0.15, -0.1) is 11.8 Å². The van der Waals surface area contributed by atoms with Gasteiger partial charge in [-0.05, 0) is 60.7 Å². The van der Waals surface area contributed by atoms with Crippen molar-refractivity contribution >= 4 is 35.4 Å². The fraction of sp³-hybridized carbons (Fsp3) is 0.231. The number of amides is 1. The summed E-state index contributed by atoms with van der Waals surface area (Å²) < 4.78 is 16.4. The highest BCUT2D eigenvalue weighted by Gasteiger charge is 2.27. The van der Waals surface area contributed by atoms with Crippen LogP contribution >= 0.6 is 23.4 Å². The number of thioether (sulfide) groups is 1. The molecule has 1 unspecified atom stereocenters. The van der Waals surface area contributed by atoms with Crippen LogP contribution in [-0.4, -0.2) is 36.6 Å². The molecule has 0 bridgehead atoms. The largest absolute Gasteiger partial charge is 0.506 e. The average molecular weight is 514 g/mol. The number of carboxylic acid groups (broad SMARTS) is 1. The first-order chi connectivity index (χ1) is 16.9. The van der Waals surface area contributed by atoms with Crippen molar-refractivity contribution in [3.05, 3.63) is 82.4 Å². The van der Waals surface area contributed by atoms with E-state index in [4.69, 9.17) is 30.9 Å². The first kappa shape index (κ1) is 24.8. The minimum absolute atomic E-state index is 0.165. The zero-order chi connectivity index (χ0) is 24.8. The van der Waals surface area contributed by atoms with E-state index in [2.05, 4.69) is 29.6 Å². The van der Waals surface area contributed by atoms with E-state index in [1.165, 1.54) is 10.5 Å². The molecule has 0 spiro atoms. The lowest BCUT2D eigenvalue weighted by molar-refractivity contribution is 0.0326. The van der Waals surface area contributed by atoms with Crippen molar-refractivity contribution < 1.29 is 28.9 Å². The molecule has 3 aromatic rings. The second-order valence-corrected chi connectivity index (χ2v) is 9.10. The standard InChI is InChI=1S/C26H24ClNO6S/c1-35-19-8-2-16(3-9-19)10-12-28-25(29)17-4-6-18(7-5-17)33-24-15-23-20(14-21(24)27)22(11-13-32-23)34-26(30)31/h2-9,14-15,22H,10-13H2,1H3,(H,28,29)(H,30,31). The maximum atomic E-state index is 12.5. The zero-order valence-electron chi connectivity index (χ0n) is 19.0. The monoisotopic (exact) mass is 513 g/mol. The number of rotatable bonds is 8. The number of hydrogen-bond donors (Lipinski definition) is 2. The van der Waals surface area contributed by atoms with Crippen LogP contribution in [-0.2, 0) is 11.2 Å². The summed E-state index contributed by atoms with van der Waals surface area (Å²) in [6, 6.07) is 18.2. The topological polar surface area (TPSA) is 94.1 Å². The molecular formula is C26H24ClNO6S. The Hall–Kier alpha value is -3.36. The predicted octanol–water partition coefficient (Wildman–Crippen LogP) is 6.34. The van der Waals surface area contributed by atoms with Crippen molar-refractivity contribution in [2.75, 3.05) is 19.4 Å². The van der Waals surface area contributed by atoms with Crippen LogP contribution in [0, 0.1) is 0 Å².